The first-order valence-corrected chi connectivity index (χ1v) is 7.44. The van der Waals surface area contributed by atoms with Crippen LogP contribution in [0.25, 0.3) is 0 Å². The van der Waals surface area contributed by atoms with Gasteiger partial charge in [0.15, 0.2) is 0 Å². The number of rotatable bonds is 5. The van der Waals surface area contributed by atoms with Crippen LogP contribution in [-0.4, -0.2) is 29.7 Å². The van der Waals surface area contributed by atoms with E-state index in [0.29, 0.717) is 13.0 Å². The Labute approximate surface area is 125 Å². The summed E-state index contributed by atoms with van der Waals surface area (Å²) in [7, 11) is 0. The van der Waals surface area contributed by atoms with Crippen molar-refractivity contribution in [3.63, 3.8) is 0 Å². The fourth-order valence-corrected chi connectivity index (χ4v) is 3.08. The number of carboxylic acid groups (broad SMARTS) is 1. The lowest BCUT2D eigenvalue weighted by Gasteiger charge is -2.12. The van der Waals surface area contributed by atoms with E-state index in [1.54, 1.807) is 12.2 Å². The summed E-state index contributed by atoms with van der Waals surface area (Å²) in [5.41, 5.74) is 0. The van der Waals surface area contributed by atoms with E-state index in [2.05, 4.69) is 10.6 Å². The third kappa shape index (κ3) is 4.25. The highest BCUT2D eigenvalue weighted by atomic mass is 35.5. The van der Waals surface area contributed by atoms with E-state index in [4.69, 9.17) is 16.7 Å². The highest BCUT2D eigenvalue weighted by molar-refractivity contribution is 7.16. The first-order chi connectivity index (χ1) is 9.54. The van der Waals surface area contributed by atoms with Crippen LogP contribution in [-0.2, 0) is 11.2 Å². The second kappa shape index (κ2) is 6.76. The largest absolute Gasteiger partial charge is 0.481 e. The van der Waals surface area contributed by atoms with Crippen molar-refractivity contribution in [3.05, 3.63) is 33.5 Å². The molecular weight excluding hydrogens is 300 g/mol. The van der Waals surface area contributed by atoms with Crippen LogP contribution in [0.4, 0.5) is 4.79 Å². The van der Waals surface area contributed by atoms with Crippen molar-refractivity contribution in [2.75, 3.05) is 6.54 Å². The molecule has 20 heavy (non-hydrogen) atoms. The minimum Gasteiger partial charge on any atom is -0.481 e. The van der Waals surface area contributed by atoms with Gasteiger partial charge >= 0.3 is 12.0 Å². The van der Waals surface area contributed by atoms with E-state index in [-0.39, 0.29) is 12.1 Å². The van der Waals surface area contributed by atoms with Crippen LogP contribution in [0, 0.1) is 5.92 Å². The zero-order chi connectivity index (χ0) is 14.5. The third-order valence-electron chi connectivity index (χ3n) is 3.00. The predicted molar refractivity (Wildman–Crippen MR) is 78.2 cm³/mol. The van der Waals surface area contributed by atoms with Gasteiger partial charge < -0.3 is 15.7 Å². The molecule has 1 aliphatic rings. The fraction of sp³-hybridized carbons (Fsp3) is 0.385. The molecule has 1 aromatic heterocycles. The number of carbonyl (C=O) groups is 2. The van der Waals surface area contributed by atoms with Gasteiger partial charge in [-0.15, -0.1) is 11.3 Å². The highest BCUT2D eigenvalue weighted by Crippen LogP contribution is 2.21. The zero-order valence-electron chi connectivity index (χ0n) is 10.6. The number of nitrogens with one attached hydrogen (secondary N) is 2. The van der Waals surface area contributed by atoms with Crippen molar-refractivity contribution in [3.8, 4) is 0 Å². The molecule has 0 saturated heterocycles. The molecule has 2 unspecified atom stereocenters. The number of carbonyl (C=O) groups excluding carboxylic acids is 1. The molecule has 0 radical (unpaired) electrons. The van der Waals surface area contributed by atoms with Crippen LogP contribution in [0.5, 0.6) is 0 Å². The summed E-state index contributed by atoms with van der Waals surface area (Å²) >= 11 is 7.31. The second-order valence-electron chi connectivity index (χ2n) is 4.53. The molecule has 1 aromatic rings. The predicted octanol–water partition coefficient (Wildman–Crippen LogP) is 2.27. The van der Waals surface area contributed by atoms with Gasteiger partial charge in [-0.1, -0.05) is 23.8 Å². The monoisotopic (exact) mass is 314 g/mol. The maximum absolute atomic E-state index is 11.6. The Morgan fingerprint density at radius 1 is 1.40 bits per heavy atom. The molecule has 0 aliphatic heterocycles. The van der Waals surface area contributed by atoms with E-state index in [9.17, 15) is 9.59 Å². The molecule has 7 heteroatoms. The zero-order valence-corrected chi connectivity index (χ0v) is 12.2. The number of halogens is 1. The molecule has 3 N–H and O–H groups in total. The van der Waals surface area contributed by atoms with Crippen molar-refractivity contribution in [2.24, 2.45) is 5.92 Å². The summed E-state index contributed by atoms with van der Waals surface area (Å²) in [6.07, 6.45) is 4.46. The molecule has 0 aromatic carbocycles. The number of hydrogen-bond donors (Lipinski definition) is 3. The molecule has 2 rings (SSSR count). The van der Waals surface area contributed by atoms with Gasteiger partial charge in [-0.2, -0.15) is 0 Å². The number of hydrogen-bond acceptors (Lipinski definition) is 3. The minimum absolute atomic E-state index is 0.215. The van der Waals surface area contributed by atoms with Gasteiger partial charge in [0.05, 0.1) is 16.3 Å². The Morgan fingerprint density at radius 2 is 2.20 bits per heavy atom. The van der Waals surface area contributed by atoms with Crippen LogP contribution in [0.3, 0.4) is 0 Å². The molecule has 2 atom stereocenters. The highest BCUT2D eigenvalue weighted by Gasteiger charge is 2.25. The van der Waals surface area contributed by atoms with Gasteiger partial charge in [0.2, 0.25) is 0 Å². The topological polar surface area (TPSA) is 78.4 Å². The number of carboxylic acids is 1. The van der Waals surface area contributed by atoms with Crippen LogP contribution >= 0.6 is 22.9 Å². The Balaban J connectivity index is 1.66. The Hall–Kier alpha value is -1.53. The number of amides is 2. The average Bonchev–Trinajstić information content (AvgIpc) is 2.99. The molecule has 0 fully saturated rings. The van der Waals surface area contributed by atoms with Crippen LogP contribution in [0.15, 0.2) is 24.3 Å². The maximum atomic E-state index is 11.6. The molecule has 5 nitrogen and oxygen atoms in total. The standard InChI is InChI=1S/C13H15ClN2O3S/c14-11-4-3-10(20-11)5-6-15-13(19)16-9-2-1-8(7-9)12(17)18/h1-4,8-9H,5-7H2,(H,17,18)(H2,15,16,19). The van der Waals surface area contributed by atoms with Gasteiger partial charge in [0.1, 0.15) is 0 Å². The van der Waals surface area contributed by atoms with Crippen LogP contribution in [0.2, 0.25) is 4.34 Å². The summed E-state index contributed by atoms with van der Waals surface area (Å²) in [5, 5.41) is 14.3. The number of aliphatic carboxylic acids is 1. The van der Waals surface area contributed by atoms with Crippen molar-refractivity contribution in [2.45, 2.75) is 18.9 Å². The van der Waals surface area contributed by atoms with E-state index in [1.165, 1.54) is 11.3 Å². The molecule has 108 valence electrons. The van der Waals surface area contributed by atoms with Crippen molar-refractivity contribution in [1.82, 2.24) is 10.6 Å². The van der Waals surface area contributed by atoms with Crippen LogP contribution < -0.4 is 10.6 Å². The molecular formula is C13H15ClN2O3S. The Kier molecular flexibility index (Phi) is 5.03. The Bertz CT molecular complexity index is 529. The van der Waals surface area contributed by atoms with Crippen molar-refractivity contribution < 1.29 is 14.7 Å². The molecule has 2 amide bonds. The fourth-order valence-electron chi connectivity index (χ4n) is 1.99. The SMILES string of the molecule is O=C(NCCc1ccc(Cl)s1)NC1C=CC(C(=O)O)C1. The number of thiophene rings is 1. The van der Waals surface area contributed by atoms with Gasteiger partial charge in [-0.25, -0.2) is 4.79 Å². The first kappa shape index (κ1) is 14.9. The lowest BCUT2D eigenvalue weighted by Crippen LogP contribution is -2.41. The van der Waals surface area contributed by atoms with Gasteiger partial charge in [0.25, 0.3) is 0 Å². The third-order valence-corrected chi connectivity index (χ3v) is 4.29. The molecule has 0 spiro atoms. The van der Waals surface area contributed by atoms with E-state index in [0.717, 1.165) is 15.6 Å². The second-order valence-corrected chi connectivity index (χ2v) is 6.33. The Morgan fingerprint density at radius 3 is 2.80 bits per heavy atom. The maximum Gasteiger partial charge on any atom is 0.315 e. The normalized spacial score (nSPS) is 20.9. The quantitative estimate of drug-likeness (QED) is 0.730. The molecule has 0 bridgehead atoms. The van der Waals surface area contributed by atoms with Gasteiger partial charge in [-0.05, 0) is 25.0 Å². The van der Waals surface area contributed by atoms with Crippen molar-refractivity contribution in [1.29, 1.82) is 0 Å². The van der Waals surface area contributed by atoms with Crippen molar-refractivity contribution >= 4 is 34.9 Å². The number of urea groups is 1. The summed E-state index contributed by atoms with van der Waals surface area (Å²) in [6, 6.07) is 3.27. The molecule has 1 heterocycles. The lowest BCUT2D eigenvalue weighted by molar-refractivity contribution is -0.140. The summed E-state index contributed by atoms with van der Waals surface area (Å²) < 4.78 is 0.736. The van der Waals surface area contributed by atoms with E-state index in [1.807, 2.05) is 12.1 Å². The van der Waals surface area contributed by atoms with Crippen LogP contribution in [0.1, 0.15) is 11.3 Å². The average molecular weight is 315 g/mol. The van der Waals surface area contributed by atoms with E-state index < -0.39 is 11.9 Å². The summed E-state index contributed by atoms with van der Waals surface area (Å²) in [5.74, 6) is -1.37. The lowest BCUT2D eigenvalue weighted by atomic mass is 10.1. The van der Waals surface area contributed by atoms with E-state index >= 15 is 0 Å². The smallest absolute Gasteiger partial charge is 0.315 e. The molecule has 1 aliphatic carbocycles. The summed E-state index contributed by atoms with van der Waals surface area (Å²) in [6.45, 7) is 0.515. The first-order valence-electron chi connectivity index (χ1n) is 6.24. The van der Waals surface area contributed by atoms with Gasteiger partial charge in [-0.3, -0.25) is 4.79 Å². The summed E-state index contributed by atoms with van der Waals surface area (Å²) in [4.78, 5) is 23.5. The van der Waals surface area contributed by atoms with Gasteiger partial charge in [0, 0.05) is 11.4 Å². The minimum atomic E-state index is -0.861. The molecule has 0 saturated carbocycles.